The second-order valence-corrected chi connectivity index (χ2v) is 13.6. The Morgan fingerprint density at radius 1 is 1.15 bits per heavy atom. The fraction of sp³-hybridized carbons (Fsp3) is 0.571. The van der Waals surface area contributed by atoms with Crippen molar-refractivity contribution >= 4 is 5.91 Å². The Hall–Kier alpha value is -2.97. The molecule has 7 rings (SSSR count). The van der Waals surface area contributed by atoms with Crippen molar-refractivity contribution in [2.24, 2.45) is 17.8 Å². The van der Waals surface area contributed by atoms with E-state index in [4.69, 9.17) is 4.74 Å². The number of hydrogen-bond donors (Lipinski definition) is 1. The number of amides is 1. The number of phenolic OH excluding ortho intramolecular Hbond substituents is 1. The summed E-state index contributed by atoms with van der Waals surface area (Å²) in [4.78, 5) is 18.7. The summed E-state index contributed by atoms with van der Waals surface area (Å²) in [5.41, 5.74) is 5.50. The Morgan fingerprint density at radius 2 is 1.98 bits per heavy atom. The number of carbonyl (C=O) groups excluding carboxylic acids is 1. The first-order chi connectivity index (χ1) is 19.3. The van der Waals surface area contributed by atoms with Gasteiger partial charge in [0.25, 0.3) is 5.91 Å². The number of nitrogens with zero attached hydrogens (tertiary/aromatic N) is 2. The van der Waals surface area contributed by atoms with E-state index in [0.29, 0.717) is 30.2 Å². The predicted octanol–water partition coefficient (Wildman–Crippen LogP) is 5.36. The molecule has 40 heavy (non-hydrogen) atoms. The second kappa shape index (κ2) is 9.55. The number of rotatable bonds is 5. The minimum absolute atomic E-state index is 0.0312. The predicted molar refractivity (Wildman–Crippen MR) is 156 cm³/mol. The molecule has 2 aliphatic heterocycles. The first kappa shape index (κ1) is 26.0. The van der Waals surface area contributed by atoms with E-state index in [-0.39, 0.29) is 23.5 Å². The fourth-order valence-electron chi connectivity index (χ4n) is 8.57. The molecule has 5 aliphatic rings. The number of phenols is 1. The van der Waals surface area contributed by atoms with Crippen molar-refractivity contribution in [3.8, 4) is 23.3 Å². The average molecular weight is 539 g/mol. The number of likely N-dealkylation sites (tertiary alicyclic amines) is 1. The normalized spacial score (nSPS) is 29.8. The Balaban J connectivity index is 1.25. The van der Waals surface area contributed by atoms with E-state index in [1.807, 2.05) is 23.1 Å². The summed E-state index contributed by atoms with van der Waals surface area (Å²) in [5.74, 6) is 9.09. The third-order valence-corrected chi connectivity index (χ3v) is 10.7. The largest absolute Gasteiger partial charge is 0.508 e. The SMILES string of the molecule is Cc1ccc(C#CC(=O)N(CC(C)C)[C@H]2CC[C@H]3[C@H]4Cc5c(O)ccc6c5[C@@]3(CCN4CC3CC3)[C@H]2O6)cc1C. The van der Waals surface area contributed by atoms with Crippen molar-refractivity contribution < 1.29 is 14.6 Å². The van der Waals surface area contributed by atoms with Crippen LogP contribution in [-0.2, 0) is 16.6 Å². The summed E-state index contributed by atoms with van der Waals surface area (Å²) in [6.07, 6.45) is 6.57. The third kappa shape index (κ3) is 4.05. The molecule has 2 aromatic rings. The highest BCUT2D eigenvalue weighted by molar-refractivity contribution is 5.94. The van der Waals surface area contributed by atoms with Crippen LogP contribution in [0.2, 0.25) is 0 Å². The highest BCUT2D eigenvalue weighted by Gasteiger charge is 2.66. The maximum atomic E-state index is 13.9. The standard InChI is InChI=1S/C35H42N2O3/c1-21(2)19-37(32(39)14-9-24-6-5-22(3)23(4)17-24)28-11-10-27-29-18-26-30(38)12-13-31-33(26)35(27,34(28)40-31)15-16-36(29)20-25-7-8-25/h5-6,12-13,17,21,25,27-29,34,38H,7-8,10-11,15-16,18-20H2,1-4H3/t27-,28-,29+,34-,35-/m0/s1. The summed E-state index contributed by atoms with van der Waals surface area (Å²) < 4.78 is 6.91. The van der Waals surface area contributed by atoms with Gasteiger partial charge in [0.2, 0.25) is 0 Å². The van der Waals surface area contributed by atoms with E-state index < -0.39 is 0 Å². The van der Waals surface area contributed by atoms with Gasteiger partial charge in [-0.05, 0) is 112 Å². The number of benzene rings is 2. The molecule has 1 amide bonds. The van der Waals surface area contributed by atoms with Crippen LogP contribution in [0.25, 0.3) is 0 Å². The third-order valence-electron chi connectivity index (χ3n) is 10.7. The monoisotopic (exact) mass is 538 g/mol. The van der Waals surface area contributed by atoms with Crippen molar-refractivity contribution in [1.29, 1.82) is 0 Å². The molecule has 0 unspecified atom stereocenters. The quantitative estimate of drug-likeness (QED) is 0.521. The van der Waals surface area contributed by atoms with Gasteiger partial charge in [-0.2, -0.15) is 0 Å². The van der Waals surface area contributed by atoms with Gasteiger partial charge in [0.15, 0.2) is 0 Å². The van der Waals surface area contributed by atoms with Gasteiger partial charge >= 0.3 is 0 Å². The Labute approximate surface area is 238 Å². The van der Waals surface area contributed by atoms with Crippen molar-refractivity contribution in [3.05, 3.63) is 58.1 Å². The van der Waals surface area contributed by atoms with Gasteiger partial charge in [0, 0.05) is 47.2 Å². The Morgan fingerprint density at radius 3 is 2.73 bits per heavy atom. The van der Waals surface area contributed by atoms with Crippen LogP contribution in [0.4, 0.5) is 0 Å². The number of aromatic hydroxyl groups is 1. The summed E-state index contributed by atoms with van der Waals surface area (Å²) >= 11 is 0. The molecule has 2 aromatic carbocycles. The molecule has 3 fully saturated rings. The van der Waals surface area contributed by atoms with Crippen molar-refractivity contribution in [3.63, 3.8) is 0 Å². The zero-order valence-electron chi connectivity index (χ0n) is 24.4. The van der Waals surface area contributed by atoms with Crippen molar-refractivity contribution in [2.75, 3.05) is 19.6 Å². The zero-order valence-corrected chi connectivity index (χ0v) is 24.4. The van der Waals surface area contributed by atoms with Gasteiger partial charge in [-0.1, -0.05) is 25.8 Å². The van der Waals surface area contributed by atoms with E-state index in [1.165, 1.54) is 36.1 Å². The summed E-state index contributed by atoms with van der Waals surface area (Å²) in [5, 5.41) is 11.1. The fourth-order valence-corrected chi connectivity index (χ4v) is 8.57. The minimum Gasteiger partial charge on any atom is -0.508 e. The Kier molecular flexibility index (Phi) is 6.20. The number of aryl methyl sites for hydroxylation is 2. The van der Waals surface area contributed by atoms with Crippen LogP contribution in [0.3, 0.4) is 0 Å². The molecule has 210 valence electrons. The number of piperidine rings is 1. The first-order valence-electron chi connectivity index (χ1n) is 15.4. The molecule has 0 aromatic heterocycles. The lowest BCUT2D eigenvalue weighted by molar-refractivity contribution is -0.137. The van der Waals surface area contributed by atoms with E-state index in [9.17, 15) is 9.90 Å². The van der Waals surface area contributed by atoms with E-state index >= 15 is 0 Å². The number of ether oxygens (including phenoxy) is 1. The molecule has 3 aliphatic carbocycles. The summed E-state index contributed by atoms with van der Waals surface area (Å²) in [6.45, 7) is 11.5. The van der Waals surface area contributed by atoms with E-state index in [2.05, 4.69) is 56.6 Å². The summed E-state index contributed by atoms with van der Waals surface area (Å²) in [6, 6.07) is 10.3. The van der Waals surface area contributed by atoms with Crippen LogP contribution < -0.4 is 4.74 Å². The molecule has 2 heterocycles. The highest BCUT2D eigenvalue weighted by atomic mass is 16.5. The smallest absolute Gasteiger partial charge is 0.299 e. The molecule has 5 atom stereocenters. The molecule has 2 bridgehead atoms. The molecule has 2 saturated carbocycles. The van der Waals surface area contributed by atoms with Gasteiger partial charge < -0.3 is 14.7 Å². The van der Waals surface area contributed by atoms with Crippen LogP contribution in [0, 0.1) is 43.4 Å². The number of hydrogen-bond acceptors (Lipinski definition) is 4. The van der Waals surface area contributed by atoms with Crippen LogP contribution >= 0.6 is 0 Å². The maximum absolute atomic E-state index is 13.9. The summed E-state index contributed by atoms with van der Waals surface area (Å²) in [7, 11) is 0. The zero-order chi connectivity index (χ0) is 27.8. The molecule has 1 saturated heterocycles. The Bertz CT molecular complexity index is 1420. The lowest BCUT2D eigenvalue weighted by atomic mass is 9.50. The molecule has 1 spiro atoms. The molecule has 1 N–H and O–H groups in total. The van der Waals surface area contributed by atoms with E-state index in [1.54, 1.807) is 0 Å². The van der Waals surface area contributed by atoms with Crippen LogP contribution in [0.1, 0.15) is 73.8 Å². The van der Waals surface area contributed by atoms with Gasteiger partial charge in [-0.25, -0.2) is 0 Å². The molecular weight excluding hydrogens is 496 g/mol. The lowest BCUT2D eigenvalue weighted by Gasteiger charge is -2.60. The van der Waals surface area contributed by atoms with Crippen LogP contribution in [-0.4, -0.2) is 58.6 Å². The molecule has 5 nitrogen and oxygen atoms in total. The van der Waals surface area contributed by atoms with Gasteiger partial charge in [-0.3, -0.25) is 9.69 Å². The van der Waals surface area contributed by atoms with E-state index in [0.717, 1.165) is 55.0 Å². The topological polar surface area (TPSA) is 53.0 Å². The van der Waals surface area contributed by atoms with Crippen LogP contribution in [0.5, 0.6) is 11.5 Å². The average Bonchev–Trinajstić information content (AvgIpc) is 3.68. The molecule has 0 radical (unpaired) electrons. The second-order valence-electron chi connectivity index (χ2n) is 13.6. The first-order valence-corrected chi connectivity index (χ1v) is 15.4. The van der Waals surface area contributed by atoms with Gasteiger partial charge in [-0.15, -0.1) is 0 Å². The highest BCUT2D eigenvalue weighted by Crippen LogP contribution is 2.64. The maximum Gasteiger partial charge on any atom is 0.299 e. The number of carbonyl (C=O) groups is 1. The van der Waals surface area contributed by atoms with Crippen molar-refractivity contribution in [1.82, 2.24) is 9.80 Å². The minimum atomic E-state index is -0.147. The molecule has 5 heteroatoms. The molecular formula is C35H42N2O3. The van der Waals surface area contributed by atoms with Gasteiger partial charge in [0.1, 0.15) is 17.6 Å². The van der Waals surface area contributed by atoms with Crippen LogP contribution in [0.15, 0.2) is 30.3 Å². The lowest BCUT2D eigenvalue weighted by Crippen LogP contribution is -2.69. The van der Waals surface area contributed by atoms with Crippen molar-refractivity contribution in [2.45, 2.75) is 89.8 Å². The van der Waals surface area contributed by atoms with Gasteiger partial charge in [0.05, 0.1) is 6.04 Å².